The highest BCUT2D eigenvalue weighted by atomic mass is 32.2. The molecular weight excluding hydrogens is 334 g/mol. The number of hydrogen-bond donors (Lipinski definition) is 0. The second-order valence-corrected chi connectivity index (χ2v) is 6.99. The maximum Gasteiger partial charge on any atom is 0.340 e. The Morgan fingerprint density at radius 3 is 2.60 bits per heavy atom. The molecule has 0 unspecified atom stereocenters. The number of esters is 1. The summed E-state index contributed by atoms with van der Waals surface area (Å²) >= 11 is 1.48. The SMILES string of the molecule is CSc1ccccc1C(=O)O[C@@H](C)C(=O)N1c2ccccc2C[C@@H]1C. The Bertz CT molecular complexity index is 805. The Balaban J connectivity index is 1.76. The fourth-order valence-corrected chi connectivity index (χ4v) is 3.77. The number of para-hydroxylation sites is 1. The van der Waals surface area contributed by atoms with E-state index in [-0.39, 0.29) is 11.9 Å². The predicted molar refractivity (Wildman–Crippen MR) is 100 cm³/mol. The number of amides is 1. The smallest absolute Gasteiger partial charge is 0.340 e. The highest BCUT2D eigenvalue weighted by Crippen LogP contribution is 2.32. The monoisotopic (exact) mass is 355 g/mol. The quantitative estimate of drug-likeness (QED) is 0.616. The summed E-state index contributed by atoms with van der Waals surface area (Å²) in [5.74, 6) is -0.654. The fraction of sp³-hybridized carbons (Fsp3) is 0.300. The van der Waals surface area contributed by atoms with E-state index in [9.17, 15) is 9.59 Å². The van der Waals surface area contributed by atoms with E-state index in [1.807, 2.05) is 49.6 Å². The molecule has 25 heavy (non-hydrogen) atoms. The zero-order chi connectivity index (χ0) is 18.0. The standard InChI is InChI=1S/C20H21NO3S/c1-13-12-15-8-4-6-10-17(15)21(13)19(22)14(2)24-20(23)16-9-5-7-11-18(16)25-3/h4-11,13-14H,12H2,1-3H3/t13-,14-/m0/s1. The van der Waals surface area contributed by atoms with Crippen molar-refractivity contribution in [2.45, 2.75) is 37.3 Å². The number of ether oxygens (including phenoxy) is 1. The van der Waals surface area contributed by atoms with Crippen molar-refractivity contribution in [3.05, 3.63) is 59.7 Å². The lowest BCUT2D eigenvalue weighted by Gasteiger charge is -2.26. The minimum atomic E-state index is -0.837. The number of rotatable bonds is 4. The van der Waals surface area contributed by atoms with Crippen LogP contribution in [0.15, 0.2) is 53.4 Å². The molecule has 0 aromatic heterocycles. The average Bonchev–Trinajstić information content (AvgIpc) is 2.96. The van der Waals surface area contributed by atoms with Crippen molar-refractivity contribution in [2.24, 2.45) is 0 Å². The third kappa shape index (κ3) is 3.42. The van der Waals surface area contributed by atoms with Gasteiger partial charge in [-0.1, -0.05) is 30.3 Å². The van der Waals surface area contributed by atoms with Crippen molar-refractivity contribution in [3.8, 4) is 0 Å². The minimum absolute atomic E-state index is 0.0598. The summed E-state index contributed by atoms with van der Waals surface area (Å²) in [6.07, 6.45) is 1.89. The fourth-order valence-electron chi connectivity index (χ4n) is 3.18. The zero-order valence-corrected chi connectivity index (χ0v) is 15.4. The summed E-state index contributed by atoms with van der Waals surface area (Å²) in [6, 6.07) is 15.2. The number of thioether (sulfide) groups is 1. The molecule has 1 heterocycles. The van der Waals surface area contributed by atoms with Gasteiger partial charge in [0.1, 0.15) is 0 Å². The summed E-state index contributed by atoms with van der Waals surface area (Å²) < 4.78 is 5.47. The first-order chi connectivity index (χ1) is 12.0. The average molecular weight is 355 g/mol. The first-order valence-electron chi connectivity index (χ1n) is 8.28. The Morgan fingerprint density at radius 1 is 1.16 bits per heavy atom. The molecule has 0 radical (unpaired) electrons. The van der Waals surface area contributed by atoms with Crippen LogP contribution in [-0.2, 0) is 16.0 Å². The van der Waals surface area contributed by atoms with E-state index in [1.54, 1.807) is 24.0 Å². The van der Waals surface area contributed by atoms with Gasteiger partial charge in [-0.25, -0.2) is 4.79 Å². The van der Waals surface area contributed by atoms with Crippen molar-refractivity contribution in [1.82, 2.24) is 0 Å². The maximum absolute atomic E-state index is 12.9. The highest BCUT2D eigenvalue weighted by Gasteiger charge is 2.34. The topological polar surface area (TPSA) is 46.6 Å². The first-order valence-corrected chi connectivity index (χ1v) is 9.50. The molecule has 2 atom stereocenters. The first kappa shape index (κ1) is 17.5. The molecule has 2 aromatic rings. The van der Waals surface area contributed by atoms with Crippen molar-refractivity contribution in [2.75, 3.05) is 11.2 Å². The predicted octanol–water partition coefficient (Wildman–Crippen LogP) is 3.93. The number of anilines is 1. The lowest BCUT2D eigenvalue weighted by molar-refractivity contribution is -0.126. The number of hydrogen-bond acceptors (Lipinski definition) is 4. The van der Waals surface area contributed by atoms with Crippen LogP contribution in [-0.4, -0.2) is 30.3 Å². The molecule has 1 aliphatic rings. The summed E-state index contributed by atoms with van der Waals surface area (Å²) in [6.45, 7) is 3.64. The third-order valence-corrected chi connectivity index (χ3v) is 5.20. The van der Waals surface area contributed by atoms with Gasteiger partial charge in [0.15, 0.2) is 6.10 Å². The number of fused-ring (bicyclic) bond motifs is 1. The van der Waals surface area contributed by atoms with Crippen molar-refractivity contribution in [3.63, 3.8) is 0 Å². The van der Waals surface area contributed by atoms with E-state index in [0.717, 1.165) is 22.6 Å². The van der Waals surface area contributed by atoms with E-state index in [1.165, 1.54) is 11.8 Å². The number of carbonyl (C=O) groups is 2. The molecule has 0 spiro atoms. The van der Waals surface area contributed by atoms with Gasteiger partial charge in [0.25, 0.3) is 5.91 Å². The second kappa shape index (κ2) is 7.31. The highest BCUT2D eigenvalue weighted by molar-refractivity contribution is 7.98. The van der Waals surface area contributed by atoms with Crippen LogP contribution in [0.5, 0.6) is 0 Å². The van der Waals surface area contributed by atoms with Crippen LogP contribution in [0.25, 0.3) is 0 Å². The van der Waals surface area contributed by atoms with Crippen LogP contribution in [0.2, 0.25) is 0 Å². The molecule has 0 bridgehead atoms. The summed E-state index contributed by atoms with van der Waals surface area (Å²) in [4.78, 5) is 27.9. The van der Waals surface area contributed by atoms with Gasteiger partial charge in [-0.15, -0.1) is 11.8 Å². The molecule has 5 heteroatoms. The number of nitrogens with zero attached hydrogens (tertiary/aromatic N) is 1. The van der Waals surface area contributed by atoms with Gasteiger partial charge in [0, 0.05) is 16.6 Å². The van der Waals surface area contributed by atoms with Crippen LogP contribution >= 0.6 is 11.8 Å². The van der Waals surface area contributed by atoms with Gasteiger partial charge in [-0.3, -0.25) is 4.79 Å². The summed E-state index contributed by atoms with van der Waals surface area (Å²) in [5.41, 5.74) is 2.55. The normalized spacial score (nSPS) is 17.1. The number of carbonyl (C=O) groups excluding carboxylic acids is 2. The molecule has 0 saturated heterocycles. The molecular formula is C20H21NO3S. The minimum Gasteiger partial charge on any atom is -0.449 e. The van der Waals surface area contributed by atoms with E-state index >= 15 is 0 Å². The zero-order valence-electron chi connectivity index (χ0n) is 14.6. The van der Waals surface area contributed by atoms with Gasteiger partial charge in [-0.2, -0.15) is 0 Å². The Kier molecular flexibility index (Phi) is 5.13. The maximum atomic E-state index is 12.9. The van der Waals surface area contributed by atoms with Gasteiger partial charge in [-0.05, 0) is 50.3 Å². The lowest BCUT2D eigenvalue weighted by atomic mass is 10.1. The van der Waals surface area contributed by atoms with Crippen molar-refractivity contribution in [1.29, 1.82) is 0 Å². The molecule has 0 fully saturated rings. The van der Waals surface area contributed by atoms with Crippen molar-refractivity contribution < 1.29 is 14.3 Å². The Hall–Kier alpha value is -2.27. The lowest BCUT2D eigenvalue weighted by Crippen LogP contribution is -2.43. The summed E-state index contributed by atoms with van der Waals surface area (Å²) in [5, 5.41) is 0. The van der Waals surface area contributed by atoms with Crippen molar-refractivity contribution >= 4 is 29.3 Å². The largest absolute Gasteiger partial charge is 0.449 e. The Labute approximate surface area is 152 Å². The number of benzene rings is 2. The van der Waals surface area contributed by atoms with Crippen LogP contribution in [0, 0.1) is 0 Å². The molecule has 0 saturated carbocycles. The van der Waals surface area contributed by atoms with Gasteiger partial charge in [0.2, 0.25) is 0 Å². The molecule has 0 aliphatic carbocycles. The van der Waals surface area contributed by atoms with Crippen LogP contribution in [0.3, 0.4) is 0 Å². The van der Waals surface area contributed by atoms with Gasteiger partial charge < -0.3 is 9.64 Å². The van der Waals surface area contributed by atoms with E-state index < -0.39 is 12.1 Å². The molecule has 1 amide bonds. The molecule has 130 valence electrons. The molecule has 4 nitrogen and oxygen atoms in total. The van der Waals surface area contributed by atoms with Crippen LogP contribution in [0.4, 0.5) is 5.69 Å². The third-order valence-electron chi connectivity index (χ3n) is 4.40. The van der Waals surface area contributed by atoms with E-state index in [0.29, 0.717) is 5.56 Å². The molecule has 1 aliphatic heterocycles. The van der Waals surface area contributed by atoms with Crippen LogP contribution < -0.4 is 4.90 Å². The second-order valence-electron chi connectivity index (χ2n) is 6.14. The molecule has 0 N–H and O–H groups in total. The molecule has 2 aromatic carbocycles. The van der Waals surface area contributed by atoms with Gasteiger partial charge in [0.05, 0.1) is 5.56 Å². The summed E-state index contributed by atoms with van der Waals surface area (Å²) in [7, 11) is 0. The van der Waals surface area contributed by atoms with E-state index in [4.69, 9.17) is 4.74 Å². The molecule has 3 rings (SSSR count). The Morgan fingerprint density at radius 2 is 1.84 bits per heavy atom. The van der Waals surface area contributed by atoms with Gasteiger partial charge >= 0.3 is 5.97 Å². The van der Waals surface area contributed by atoms with Crippen LogP contribution in [0.1, 0.15) is 29.8 Å². The van der Waals surface area contributed by atoms with E-state index in [2.05, 4.69) is 0 Å².